The highest BCUT2D eigenvalue weighted by Crippen LogP contribution is 2.31. The number of hydrogen-bond donors (Lipinski definition) is 2. The van der Waals surface area contributed by atoms with Crippen LogP contribution in [0.25, 0.3) is 5.69 Å². The summed E-state index contributed by atoms with van der Waals surface area (Å²) in [6.45, 7) is 3.86. The number of anilines is 1. The molecule has 0 bridgehead atoms. The van der Waals surface area contributed by atoms with E-state index in [1.165, 1.54) is 18.2 Å². The van der Waals surface area contributed by atoms with Crippen LogP contribution < -0.4 is 21.3 Å². The molecule has 1 aliphatic rings. The lowest BCUT2D eigenvalue weighted by molar-refractivity contribution is 0.0880. The van der Waals surface area contributed by atoms with Crippen LogP contribution in [-0.4, -0.2) is 22.5 Å². The van der Waals surface area contributed by atoms with Gasteiger partial charge in [0, 0.05) is 6.07 Å². The summed E-state index contributed by atoms with van der Waals surface area (Å²) in [5, 5.41) is 2.07. The van der Waals surface area contributed by atoms with Gasteiger partial charge in [-0.05, 0) is 25.0 Å². The van der Waals surface area contributed by atoms with E-state index in [1.807, 2.05) is 13.8 Å². The third-order valence-electron chi connectivity index (χ3n) is 4.33. The van der Waals surface area contributed by atoms with E-state index in [1.54, 1.807) is 0 Å². The fraction of sp³-hybridized carbons (Fsp3) is 0.278. The van der Waals surface area contributed by atoms with Gasteiger partial charge in [-0.25, -0.2) is 4.39 Å². The minimum Gasteiger partial charge on any atom is -0.488 e. The first-order valence-corrected chi connectivity index (χ1v) is 8.25. The summed E-state index contributed by atoms with van der Waals surface area (Å²) in [6.07, 6.45) is 1.21. The van der Waals surface area contributed by atoms with Gasteiger partial charge in [0.25, 0.3) is 17.4 Å². The van der Waals surface area contributed by atoms with Crippen molar-refractivity contribution in [2.75, 3.05) is 5.73 Å². The molecule has 0 atom stereocenters. The number of nitrogens with one attached hydrogen (secondary N) is 1. The van der Waals surface area contributed by atoms with Crippen molar-refractivity contribution < 1.29 is 18.7 Å². The monoisotopic (exact) mass is 359 g/mol. The fourth-order valence-corrected chi connectivity index (χ4v) is 2.95. The predicted molar refractivity (Wildman–Crippen MR) is 93.2 cm³/mol. The van der Waals surface area contributed by atoms with Crippen LogP contribution in [0.2, 0.25) is 0 Å². The molecule has 3 N–H and O–H groups in total. The van der Waals surface area contributed by atoms with Crippen molar-refractivity contribution in [3.05, 3.63) is 51.6 Å². The molecule has 2 aromatic rings. The molecule has 2 heterocycles. The first-order chi connectivity index (χ1) is 12.4. The molecule has 1 aromatic carbocycles. The van der Waals surface area contributed by atoms with E-state index in [4.69, 9.17) is 10.5 Å². The van der Waals surface area contributed by atoms with Gasteiger partial charge in [0.2, 0.25) is 0 Å². The number of benzene rings is 1. The Morgan fingerprint density at radius 1 is 1.19 bits per heavy atom. The standard InChI is InChI=1S/C18H18FN3O4/c1-3-9(4-2)26-12-7-5-6-11(19)15(12)22-13(23)8-10-14(16(22)20)18(25)21-17(10)24/h5-9H,3-4,20H2,1-2H3,(H,21,24,25). The van der Waals surface area contributed by atoms with Crippen LogP contribution in [0.3, 0.4) is 0 Å². The summed E-state index contributed by atoms with van der Waals surface area (Å²) in [6, 6.07) is 5.13. The van der Waals surface area contributed by atoms with E-state index in [2.05, 4.69) is 5.32 Å². The quantitative estimate of drug-likeness (QED) is 0.795. The Labute approximate surface area is 148 Å². The van der Waals surface area contributed by atoms with Crippen molar-refractivity contribution >= 4 is 17.6 Å². The van der Waals surface area contributed by atoms with Gasteiger partial charge in [-0.15, -0.1) is 0 Å². The van der Waals surface area contributed by atoms with E-state index in [0.29, 0.717) is 12.8 Å². The zero-order valence-electron chi connectivity index (χ0n) is 14.3. The number of amides is 2. The molecule has 0 saturated heterocycles. The summed E-state index contributed by atoms with van der Waals surface area (Å²) in [5.74, 6) is -2.34. The second-order valence-corrected chi connectivity index (χ2v) is 5.92. The predicted octanol–water partition coefficient (Wildman–Crippen LogP) is 2.01. The number of carbonyl (C=O) groups is 2. The Morgan fingerprint density at radius 2 is 1.88 bits per heavy atom. The highest BCUT2D eigenvalue weighted by molar-refractivity contribution is 6.23. The smallest absolute Gasteiger partial charge is 0.262 e. The second-order valence-electron chi connectivity index (χ2n) is 5.92. The first-order valence-electron chi connectivity index (χ1n) is 8.25. The van der Waals surface area contributed by atoms with Gasteiger partial charge >= 0.3 is 0 Å². The van der Waals surface area contributed by atoms with Gasteiger partial charge in [0.15, 0.2) is 5.82 Å². The topological polar surface area (TPSA) is 103 Å². The number of hydrogen-bond acceptors (Lipinski definition) is 5. The summed E-state index contributed by atoms with van der Waals surface area (Å²) >= 11 is 0. The molecule has 0 spiro atoms. The lowest BCUT2D eigenvalue weighted by atomic mass is 10.1. The van der Waals surface area contributed by atoms with E-state index >= 15 is 0 Å². The highest BCUT2D eigenvalue weighted by Gasteiger charge is 2.33. The molecule has 8 heteroatoms. The van der Waals surface area contributed by atoms with Crippen LogP contribution in [0, 0.1) is 5.82 Å². The molecule has 1 aromatic heterocycles. The van der Waals surface area contributed by atoms with Gasteiger partial charge in [-0.3, -0.25) is 24.3 Å². The number of imide groups is 1. The first kappa shape index (κ1) is 17.7. The zero-order chi connectivity index (χ0) is 19.0. The maximum Gasteiger partial charge on any atom is 0.262 e. The number of para-hydroxylation sites is 1. The highest BCUT2D eigenvalue weighted by atomic mass is 19.1. The van der Waals surface area contributed by atoms with Crippen molar-refractivity contribution in [3.63, 3.8) is 0 Å². The molecule has 26 heavy (non-hydrogen) atoms. The fourth-order valence-electron chi connectivity index (χ4n) is 2.95. The van der Waals surface area contributed by atoms with E-state index < -0.39 is 23.2 Å². The SMILES string of the molecule is CCC(CC)Oc1cccc(F)c1-n1c(N)c2c(cc1=O)C(=O)NC2=O. The maximum absolute atomic E-state index is 14.6. The van der Waals surface area contributed by atoms with E-state index in [-0.39, 0.29) is 34.5 Å². The summed E-state index contributed by atoms with van der Waals surface area (Å²) < 4.78 is 21.3. The molecule has 0 fully saturated rings. The molecule has 1 aliphatic heterocycles. The Bertz CT molecular complexity index is 964. The van der Waals surface area contributed by atoms with Crippen molar-refractivity contribution in [3.8, 4) is 11.4 Å². The third kappa shape index (κ3) is 2.73. The van der Waals surface area contributed by atoms with Crippen LogP contribution in [0.1, 0.15) is 47.4 Å². The maximum atomic E-state index is 14.6. The Kier molecular flexibility index (Phi) is 4.50. The number of fused-ring (bicyclic) bond motifs is 1. The number of halogens is 1. The lowest BCUT2D eigenvalue weighted by Crippen LogP contribution is -2.26. The minimum absolute atomic E-state index is 0.118. The van der Waals surface area contributed by atoms with Gasteiger partial charge in [-0.2, -0.15) is 0 Å². The molecule has 3 rings (SSSR count). The molecular formula is C18H18FN3O4. The number of aromatic nitrogens is 1. The molecule has 0 aliphatic carbocycles. The van der Waals surface area contributed by atoms with E-state index in [0.717, 1.165) is 10.6 Å². The Balaban J connectivity index is 2.26. The second kappa shape index (κ2) is 6.62. The average molecular weight is 359 g/mol. The van der Waals surface area contributed by atoms with Gasteiger partial charge in [0.1, 0.15) is 17.3 Å². The Hall–Kier alpha value is -3.16. The number of nitrogens with two attached hydrogens (primary N) is 1. The summed E-state index contributed by atoms with van der Waals surface area (Å²) in [5.41, 5.74) is 4.80. The molecule has 136 valence electrons. The largest absolute Gasteiger partial charge is 0.488 e. The van der Waals surface area contributed by atoms with Crippen LogP contribution >= 0.6 is 0 Å². The number of ether oxygens (including phenoxy) is 1. The molecule has 7 nitrogen and oxygen atoms in total. The molecule has 0 saturated carbocycles. The number of nitrogen functional groups attached to an aromatic ring is 1. The molecule has 2 amide bonds. The lowest BCUT2D eigenvalue weighted by Gasteiger charge is -2.20. The van der Waals surface area contributed by atoms with Crippen LogP contribution in [0.15, 0.2) is 29.1 Å². The van der Waals surface area contributed by atoms with Crippen molar-refractivity contribution in [1.29, 1.82) is 0 Å². The van der Waals surface area contributed by atoms with Crippen LogP contribution in [0.4, 0.5) is 10.2 Å². The zero-order valence-corrected chi connectivity index (χ0v) is 14.3. The normalized spacial score (nSPS) is 13.1. The number of pyridine rings is 1. The van der Waals surface area contributed by atoms with E-state index in [9.17, 15) is 18.8 Å². The Morgan fingerprint density at radius 3 is 2.54 bits per heavy atom. The minimum atomic E-state index is -0.731. The summed E-state index contributed by atoms with van der Waals surface area (Å²) in [7, 11) is 0. The van der Waals surface area contributed by atoms with Crippen LogP contribution in [0.5, 0.6) is 5.75 Å². The average Bonchev–Trinajstić information content (AvgIpc) is 2.88. The van der Waals surface area contributed by atoms with Crippen molar-refractivity contribution in [2.24, 2.45) is 0 Å². The van der Waals surface area contributed by atoms with Gasteiger partial charge in [0.05, 0.1) is 17.2 Å². The molecular weight excluding hydrogens is 341 g/mol. The van der Waals surface area contributed by atoms with Crippen molar-refractivity contribution in [1.82, 2.24) is 9.88 Å². The number of rotatable bonds is 5. The third-order valence-corrected chi connectivity index (χ3v) is 4.33. The molecule has 0 unspecified atom stereocenters. The summed E-state index contributed by atoms with van der Waals surface area (Å²) in [4.78, 5) is 36.3. The number of carbonyl (C=O) groups excluding carboxylic acids is 2. The van der Waals surface area contributed by atoms with Crippen LogP contribution in [-0.2, 0) is 0 Å². The van der Waals surface area contributed by atoms with Gasteiger partial charge < -0.3 is 10.5 Å². The number of nitrogens with zero attached hydrogens (tertiary/aromatic N) is 1. The van der Waals surface area contributed by atoms with Gasteiger partial charge in [-0.1, -0.05) is 19.9 Å². The van der Waals surface area contributed by atoms with Crippen molar-refractivity contribution in [2.45, 2.75) is 32.8 Å². The molecule has 0 radical (unpaired) electrons.